The van der Waals surface area contributed by atoms with Gasteiger partial charge in [-0.1, -0.05) is 30.8 Å². The normalized spacial score (nSPS) is 10.1. The van der Waals surface area contributed by atoms with Crippen molar-refractivity contribution in [2.45, 2.75) is 20.3 Å². The fourth-order valence-corrected chi connectivity index (χ4v) is 2.03. The molecule has 0 saturated heterocycles. The van der Waals surface area contributed by atoms with E-state index in [1.54, 1.807) is 0 Å². The van der Waals surface area contributed by atoms with E-state index in [0.717, 1.165) is 28.1 Å². The number of amides is 1. The molecule has 0 aliphatic heterocycles. The maximum Gasteiger partial charge on any atom is 0.228 e. The van der Waals surface area contributed by atoms with Gasteiger partial charge in [0.1, 0.15) is 12.4 Å². The largest absolute Gasteiger partial charge is 0.489 e. The second-order valence-electron chi connectivity index (χ2n) is 5.42. The van der Waals surface area contributed by atoms with Crippen LogP contribution in [-0.4, -0.2) is 12.5 Å². The zero-order chi connectivity index (χ0) is 15.9. The van der Waals surface area contributed by atoms with Crippen LogP contribution in [0.1, 0.15) is 18.1 Å². The molecule has 0 saturated carbocycles. The first kappa shape index (κ1) is 15.8. The summed E-state index contributed by atoms with van der Waals surface area (Å²) in [5, 5.41) is 2.90. The Morgan fingerprint density at radius 3 is 2.45 bits per heavy atom. The van der Waals surface area contributed by atoms with Crippen molar-refractivity contribution in [3.63, 3.8) is 0 Å². The van der Waals surface area contributed by atoms with Gasteiger partial charge in [-0.15, -0.1) is 0 Å². The molecule has 0 spiro atoms. The molecule has 1 amide bonds. The van der Waals surface area contributed by atoms with E-state index in [1.807, 2.05) is 62.4 Å². The molecule has 0 unspecified atom stereocenters. The molecule has 2 aromatic carbocycles. The molecule has 0 atom stereocenters. The summed E-state index contributed by atoms with van der Waals surface area (Å²) in [5.41, 5.74) is 3.90. The minimum atomic E-state index is -0.0232. The number of carbonyl (C=O) groups excluding carboxylic acids is 1. The van der Waals surface area contributed by atoms with Crippen molar-refractivity contribution in [1.82, 2.24) is 0 Å². The Labute approximate surface area is 131 Å². The van der Waals surface area contributed by atoms with Crippen molar-refractivity contribution in [3.8, 4) is 5.75 Å². The van der Waals surface area contributed by atoms with Gasteiger partial charge in [-0.3, -0.25) is 4.79 Å². The standard InChI is InChI=1S/C19H21NO2/c1-14(2)13-22-18-10-8-17(9-11-18)20-19(21)12-16-7-5-4-6-15(16)3/h4-11H,1,12-13H2,2-3H3,(H,20,21). The molecule has 0 fully saturated rings. The first-order valence-corrected chi connectivity index (χ1v) is 7.26. The number of anilines is 1. The predicted octanol–water partition coefficient (Wildman–Crippen LogP) is 4.13. The first-order valence-electron chi connectivity index (χ1n) is 7.26. The summed E-state index contributed by atoms with van der Waals surface area (Å²) in [6.45, 7) is 8.22. The van der Waals surface area contributed by atoms with E-state index in [4.69, 9.17) is 4.74 Å². The molecular weight excluding hydrogens is 274 g/mol. The maximum absolute atomic E-state index is 12.1. The molecule has 1 N–H and O–H groups in total. The van der Waals surface area contributed by atoms with Crippen molar-refractivity contribution >= 4 is 11.6 Å². The lowest BCUT2D eigenvalue weighted by atomic mass is 10.1. The molecule has 3 heteroatoms. The number of benzene rings is 2. The van der Waals surface area contributed by atoms with Crippen LogP contribution in [0.4, 0.5) is 5.69 Å². The van der Waals surface area contributed by atoms with Crippen LogP contribution in [0.15, 0.2) is 60.7 Å². The molecule has 0 radical (unpaired) electrons. The lowest BCUT2D eigenvalue weighted by Gasteiger charge is -2.09. The van der Waals surface area contributed by atoms with Gasteiger partial charge >= 0.3 is 0 Å². The average Bonchev–Trinajstić information content (AvgIpc) is 2.49. The van der Waals surface area contributed by atoms with Gasteiger partial charge < -0.3 is 10.1 Å². The Balaban J connectivity index is 1.91. The first-order chi connectivity index (χ1) is 10.5. The van der Waals surface area contributed by atoms with Crippen LogP contribution in [0.2, 0.25) is 0 Å². The fraction of sp³-hybridized carbons (Fsp3) is 0.211. The smallest absolute Gasteiger partial charge is 0.228 e. The predicted molar refractivity (Wildman–Crippen MR) is 90.3 cm³/mol. The van der Waals surface area contributed by atoms with Crippen LogP contribution >= 0.6 is 0 Å². The van der Waals surface area contributed by atoms with Gasteiger partial charge in [0.05, 0.1) is 6.42 Å². The van der Waals surface area contributed by atoms with Gasteiger partial charge in [-0.2, -0.15) is 0 Å². The quantitative estimate of drug-likeness (QED) is 0.814. The second kappa shape index (κ2) is 7.46. The van der Waals surface area contributed by atoms with Crippen LogP contribution in [-0.2, 0) is 11.2 Å². The Morgan fingerprint density at radius 2 is 1.82 bits per heavy atom. The van der Waals surface area contributed by atoms with Gasteiger partial charge in [-0.05, 0) is 54.8 Å². The van der Waals surface area contributed by atoms with Crippen molar-refractivity contribution in [3.05, 3.63) is 71.8 Å². The summed E-state index contributed by atoms with van der Waals surface area (Å²) in [6, 6.07) is 15.3. The van der Waals surface area contributed by atoms with Crippen molar-refractivity contribution in [2.75, 3.05) is 11.9 Å². The van der Waals surface area contributed by atoms with E-state index >= 15 is 0 Å². The van der Waals surface area contributed by atoms with Gasteiger partial charge in [0.2, 0.25) is 5.91 Å². The number of ether oxygens (including phenoxy) is 1. The molecule has 3 nitrogen and oxygen atoms in total. The van der Waals surface area contributed by atoms with Crippen molar-refractivity contribution in [1.29, 1.82) is 0 Å². The van der Waals surface area contributed by atoms with Gasteiger partial charge in [0.15, 0.2) is 0 Å². The Hall–Kier alpha value is -2.55. The van der Waals surface area contributed by atoms with Crippen LogP contribution < -0.4 is 10.1 Å². The van der Waals surface area contributed by atoms with Crippen molar-refractivity contribution in [2.24, 2.45) is 0 Å². The maximum atomic E-state index is 12.1. The van der Waals surface area contributed by atoms with E-state index in [9.17, 15) is 4.79 Å². The highest BCUT2D eigenvalue weighted by Gasteiger charge is 2.06. The monoisotopic (exact) mass is 295 g/mol. The summed E-state index contributed by atoms with van der Waals surface area (Å²) in [5.74, 6) is 0.741. The number of hydrogen-bond acceptors (Lipinski definition) is 2. The van der Waals surface area contributed by atoms with Gasteiger partial charge in [-0.25, -0.2) is 0 Å². The number of nitrogens with one attached hydrogen (secondary N) is 1. The molecule has 2 rings (SSSR count). The molecule has 0 bridgehead atoms. The molecule has 0 aromatic heterocycles. The number of hydrogen-bond donors (Lipinski definition) is 1. The van der Waals surface area contributed by atoms with Crippen molar-refractivity contribution < 1.29 is 9.53 Å². The third kappa shape index (κ3) is 4.77. The van der Waals surface area contributed by atoms with E-state index < -0.39 is 0 Å². The highest BCUT2D eigenvalue weighted by atomic mass is 16.5. The summed E-state index contributed by atoms with van der Waals surface area (Å²) < 4.78 is 5.53. The third-order valence-electron chi connectivity index (χ3n) is 3.24. The minimum Gasteiger partial charge on any atom is -0.489 e. The molecular formula is C19H21NO2. The van der Waals surface area contributed by atoms with E-state index in [2.05, 4.69) is 11.9 Å². The van der Waals surface area contributed by atoms with E-state index in [0.29, 0.717) is 13.0 Å². The minimum absolute atomic E-state index is 0.0232. The molecule has 0 aliphatic rings. The fourth-order valence-electron chi connectivity index (χ4n) is 2.03. The topological polar surface area (TPSA) is 38.3 Å². The average molecular weight is 295 g/mol. The van der Waals surface area contributed by atoms with Gasteiger partial charge in [0, 0.05) is 5.69 Å². The van der Waals surface area contributed by atoms with Crippen LogP contribution in [0.5, 0.6) is 5.75 Å². The highest BCUT2D eigenvalue weighted by molar-refractivity contribution is 5.92. The zero-order valence-corrected chi connectivity index (χ0v) is 13.1. The van der Waals surface area contributed by atoms with Crippen LogP contribution in [0.3, 0.4) is 0 Å². The zero-order valence-electron chi connectivity index (χ0n) is 13.1. The Kier molecular flexibility index (Phi) is 5.37. The third-order valence-corrected chi connectivity index (χ3v) is 3.24. The summed E-state index contributed by atoms with van der Waals surface area (Å²) in [4.78, 5) is 12.1. The lowest BCUT2D eigenvalue weighted by Crippen LogP contribution is -2.14. The van der Waals surface area contributed by atoms with Crippen LogP contribution in [0, 0.1) is 6.92 Å². The number of rotatable bonds is 6. The molecule has 2 aromatic rings. The summed E-state index contributed by atoms with van der Waals surface area (Å²) >= 11 is 0. The van der Waals surface area contributed by atoms with Crippen LogP contribution in [0.25, 0.3) is 0 Å². The molecule has 114 valence electrons. The highest BCUT2D eigenvalue weighted by Crippen LogP contribution is 2.17. The molecule has 0 aliphatic carbocycles. The van der Waals surface area contributed by atoms with E-state index in [1.165, 1.54) is 0 Å². The number of aryl methyl sites for hydroxylation is 1. The Morgan fingerprint density at radius 1 is 1.14 bits per heavy atom. The van der Waals surface area contributed by atoms with E-state index in [-0.39, 0.29) is 5.91 Å². The SMILES string of the molecule is C=C(C)COc1ccc(NC(=O)Cc2ccccc2C)cc1. The summed E-state index contributed by atoms with van der Waals surface area (Å²) in [6.07, 6.45) is 0.376. The number of carbonyl (C=O) groups is 1. The second-order valence-corrected chi connectivity index (χ2v) is 5.42. The summed E-state index contributed by atoms with van der Waals surface area (Å²) in [7, 11) is 0. The van der Waals surface area contributed by atoms with Gasteiger partial charge in [0.25, 0.3) is 0 Å². The lowest BCUT2D eigenvalue weighted by molar-refractivity contribution is -0.115. The molecule has 22 heavy (non-hydrogen) atoms. The Bertz CT molecular complexity index is 659. The molecule has 0 heterocycles.